The van der Waals surface area contributed by atoms with Gasteiger partial charge in [0.25, 0.3) is 0 Å². The molecule has 0 aliphatic heterocycles. The van der Waals surface area contributed by atoms with Gasteiger partial charge in [0.1, 0.15) is 5.82 Å². The van der Waals surface area contributed by atoms with Crippen LogP contribution in [0.15, 0.2) is 24.8 Å². The first-order valence-electron chi connectivity index (χ1n) is 4.53. The van der Waals surface area contributed by atoms with E-state index in [9.17, 15) is 4.39 Å². The average molecular weight is 207 g/mol. The maximum absolute atomic E-state index is 12.6. The van der Waals surface area contributed by atoms with E-state index in [0.29, 0.717) is 12.4 Å². The van der Waals surface area contributed by atoms with Crippen LogP contribution in [0.3, 0.4) is 0 Å². The number of nitrogens with zero attached hydrogens (tertiary/aromatic N) is 3. The number of rotatable bonds is 4. The molecule has 6 heteroatoms. The number of hydrogen-bond acceptors (Lipinski definition) is 4. The fourth-order valence-corrected chi connectivity index (χ4v) is 1.18. The van der Waals surface area contributed by atoms with Crippen molar-refractivity contribution in [3.05, 3.63) is 36.3 Å². The van der Waals surface area contributed by atoms with Gasteiger partial charge in [0.2, 0.25) is 5.95 Å². The second kappa shape index (κ2) is 4.50. The van der Waals surface area contributed by atoms with Crippen LogP contribution in [-0.4, -0.2) is 26.7 Å². The van der Waals surface area contributed by atoms with E-state index < -0.39 is 5.95 Å². The van der Waals surface area contributed by atoms with Crippen LogP contribution in [0.5, 0.6) is 0 Å². The second-order valence-electron chi connectivity index (χ2n) is 3.01. The average Bonchev–Trinajstić information content (AvgIpc) is 2.71. The lowest BCUT2D eigenvalue weighted by atomic mass is 10.2. The standard InChI is InChI=1S/C9H10FN5/c10-8-5-11-6-9(15-8)12-2-1-7-3-13-14-4-7/h3-6H,1-2H2,(H,12,15)(H,13,14). The summed E-state index contributed by atoms with van der Waals surface area (Å²) >= 11 is 0. The van der Waals surface area contributed by atoms with Gasteiger partial charge in [-0.1, -0.05) is 0 Å². The highest BCUT2D eigenvalue weighted by Crippen LogP contribution is 2.01. The molecule has 2 rings (SSSR count). The number of H-pyrrole nitrogens is 1. The van der Waals surface area contributed by atoms with E-state index >= 15 is 0 Å². The lowest BCUT2D eigenvalue weighted by Gasteiger charge is -2.02. The molecule has 2 heterocycles. The summed E-state index contributed by atoms with van der Waals surface area (Å²) in [5, 5.41) is 9.51. The van der Waals surface area contributed by atoms with Crippen molar-refractivity contribution in [1.29, 1.82) is 0 Å². The molecule has 78 valence electrons. The Labute approximate surface area is 85.8 Å². The van der Waals surface area contributed by atoms with Gasteiger partial charge < -0.3 is 5.32 Å². The molecule has 15 heavy (non-hydrogen) atoms. The Hall–Kier alpha value is -1.98. The number of halogens is 1. The van der Waals surface area contributed by atoms with Gasteiger partial charge >= 0.3 is 0 Å². The van der Waals surface area contributed by atoms with Crippen LogP contribution in [0.4, 0.5) is 10.2 Å². The summed E-state index contributed by atoms with van der Waals surface area (Å²) in [6.07, 6.45) is 6.92. The molecule has 0 saturated heterocycles. The third-order valence-electron chi connectivity index (χ3n) is 1.88. The summed E-state index contributed by atoms with van der Waals surface area (Å²) in [4.78, 5) is 7.31. The molecule has 2 aromatic rings. The first-order valence-corrected chi connectivity index (χ1v) is 4.53. The summed E-state index contributed by atoms with van der Waals surface area (Å²) in [6.45, 7) is 0.664. The molecule has 0 unspecified atom stereocenters. The summed E-state index contributed by atoms with van der Waals surface area (Å²) in [5.41, 5.74) is 1.09. The summed E-state index contributed by atoms with van der Waals surface area (Å²) in [6, 6.07) is 0. The van der Waals surface area contributed by atoms with Crippen LogP contribution >= 0.6 is 0 Å². The molecular weight excluding hydrogens is 197 g/mol. The van der Waals surface area contributed by atoms with Gasteiger partial charge in [-0.15, -0.1) is 0 Å². The Morgan fingerprint density at radius 3 is 3.00 bits per heavy atom. The summed E-state index contributed by atoms with van der Waals surface area (Å²) in [5.74, 6) is -0.137. The van der Waals surface area contributed by atoms with Crippen LogP contribution in [0.2, 0.25) is 0 Å². The highest BCUT2D eigenvalue weighted by molar-refractivity contribution is 5.30. The van der Waals surface area contributed by atoms with Gasteiger partial charge in [-0.3, -0.25) is 10.1 Å². The van der Waals surface area contributed by atoms with Crippen molar-refractivity contribution in [2.24, 2.45) is 0 Å². The van der Waals surface area contributed by atoms with Crippen LogP contribution in [0.25, 0.3) is 0 Å². The van der Waals surface area contributed by atoms with Crippen molar-refractivity contribution in [2.75, 3.05) is 11.9 Å². The smallest absolute Gasteiger partial charge is 0.233 e. The molecule has 0 fully saturated rings. The number of nitrogens with one attached hydrogen (secondary N) is 2. The van der Waals surface area contributed by atoms with Crippen molar-refractivity contribution >= 4 is 5.82 Å². The maximum atomic E-state index is 12.6. The molecule has 5 nitrogen and oxygen atoms in total. The Morgan fingerprint density at radius 2 is 2.27 bits per heavy atom. The van der Waals surface area contributed by atoms with Gasteiger partial charge in [0.05, 0.1) is 18.6 Å². The maximum Gasteiger partial charge on any atom is 0.233 e. The SMILES string of the molecule is Fc1cncc(NCCc2cn[nH]c2)n1. The molecule has 0 amide bonds. The van der Waals surface area contributed by atoms with E-state index in [1.54, 1.807) is 6.20 Å². The van der Waals surface area contributed by atoms with Gasteiger partial charge in [-0.05, 0) is 12.0 Å². The van der Waals surface area contributed by atoms with Crippen molar-refractivity contribution < 1.29 is 4.39 Å². The molecule has 0 radical (unpaired) electrons. The fraction of sp³-hybridized carbons (Fsp3) is 0.222. The molecule has 0 spiro atoms. The predicted octanol–water partition coefficient (Wildman–Crippen LogP) is 0.993. The zero-order valence-corrected chi connectivity index (χ0v) is 7.94. The minimum Gasteiger partial charge on any atom is -0.368 e. The molecule has 2 N–H and O–H groups in total. The van der Waals surface area contributed by atoms with Gasteiger partial charge in [-0.2, -0.15) is 14.5 Å². The topological polar surface area (TPSA) is 66.5 Å². The third kappa shape index (κ3) is 2.73. The zero-order chi connectivity index (χ0) is 10.5. The molecule has 0 aliphatic carbocycles. The highest BCUT2D eigenvalue weighted by atomic mass is 19.1. The largest absolute Gasteiger partial charge is 0.368 e. The molecular formula is C9H10FN5. The zero-order valence-electron chi connectivity index (χ0n) is 7.94. The number of aromatic amines is 1. The molecule has 0 bridgehead atoms. The summed E-state index contributed by atoms with van der Waals surface area (Å²) < 4.78 is 12.6. The molecule has 2 aromatic heterocycles. The van der Waals surface area contributed by atoms with E-state index in [1.807, 2.05) is 6.20 Å². The van der Waals surface area contributed by atoms with Gasteiger partial charge in [0.15, 0.2) is 0 Å². The number of hydrogen-bond donors (Lipinski definition) is 2. The molecule has 0 atom stereocenters. The van der Waals surface area contributed by atoms with Crippen molar-refractivity contribution in [3.8, 4) is 0 Å². The minimum atomic E-state index is -0.580. The summed E-state index contributed by atoms with van der Waals surface area (Å²) in [7, 11) is 0. The van der Waals surface area contributed by atoms with E-state index in [0.717, 1.165) is 18.2 Å². The Kier molecular flexibility index (Phi) is 2.87. The first-order chi connectivity index (χ1) is 7.34. The van der Waals surface area contributed by atoms with E-state index in [-0.39, 0.29) is 0 Å². The third-order valence-corrected chi connectivity index (χ3v) is 1.88. The quantitative estimate of drug-likeness (QED) is 0.784. The number of aromatic nitrogens is 4. The lowest BCUT2D eigenvalue weighted by molar-refractivity contribution is 0.578. The van der Waals surface area contributed by atoms with Crippen molar-refractivity contribution in [2.45, 2.75) is 6.42 Å². The highest BCUT2D eigenvalue weighted by Gasteiger charge is 1.97. The van der Waals surface area contributed by atoms with Crippen molar-refractivity contribution in [1.82, 2.24) is 20.2 Å². The second-order valence-corrected chi connectivity index (χ2v) is 3.01. The monoisotopic (exact) mass is 207 g/mol. The molecule has 0 saturated carbocycles. The molecule has 0 aromatic carbocycles. The first kappa shape index (κ1) is 9.57. The normalized spacial score (nSPS) is 10.2. The molecule has 0 aliphatic rings. The van der Waals surface area contributed by atoms with Crippen LogP contribution in [0, 0.1) is 5.95 Å². The minimum absolute atomic E-state index is 0.443. The van der Waals surface area contributed by atoms with E-state index in [2.05, 4.69) is 25.5 Å². The van der Waals surface area contributed by atoms with Crippen LogP contribution in [0.1, 0.15) is 5.56 Å². The number of anilines is 1. The Bertz CT molecular complexity index is 414. The Balaban J connectivity index is 1.83. The van der Waals surface area contributed by atoms with Crippen LogP contribution < -0.4 is 5.32 Å². The van der Waals surface area contributed by atoms with Gasteiger partial charge in [-0.25, -0.2) is 0 Å². The van der Waals surface area contributed by atoms with E-state index in [4.69, 9.17) is 0 Å². The van der Waals surface area contributed by atoms with Crippen molar-refractivity contribution in [3.63, 3.8) is 0 Å². The Morgan fingerprint density at radius 1 is 1.33 bits per heavy atom. The fourth-order valence-electron chi connectivity index (χ4n) is 1.18. The van der Waals surface area contributed by atoms with Gasteiger partial charge in [0, 0.05) is 12.7 Å². The van der Waals surface area contributed by atoms with Crippen LogP contribution in [-0.2, 0) is 6.42 Å². The van der Waals surface area contributed by atoms with E-state index in [1.165, 1.54) is 6.20 Å². The lowest BCUT2D eigenvalue weighted by Crippen LogP contribution is -2.06. The predicted molar refractivity (Wildman–Crippen MR) is 52.8 cm³/mol.